The molecule has 5 nitrogen and oxygen atoms in total. The Kier molecular flexibility index (Phi) is 4.43. The molecule has 110 valence electrons. The van der Waals surface area contributed by atoms with Crippen LogP contribution in [0.4, 0.5) is 11.5 Å². The van der Waals surface area contributed by atoms with E-state index in [2.05, 4.69) is 20.6 Å². The standard InChI is InChI=1S/C15H17ClN4O/c1-15(2,3)20-13-8-12(17-9-18-13)14(21)19-11-6-4-10(16)5-7-11/h4-9H,1-3H3,(H,19,21)(H,17,18,20). The molecule has 0 unspecified atom stereocenters. The number of carbonyl (C=O) groups is 1. The van der Waals surface area contributed by atoms with E-state index >= 15 is 0 Å². The summed E-state index contributed by atoms with van der Waals surface area (Å²) in [6.45, 7) is 6.05. The van der Waals surface area contributed by atoms with Gasteiger partial charge in [0, 0.05) is 22.3 Å². The second kappa shape index (κ2) is 6.10. The summed E-state index contributed by atoms with van der Waals surface area (Å²) >= 11 is 5.81. The number of hydrogen-bond donors (Lipinski definition) is 2. The Hall–Kier alpha value is -2.14. The normalized spacial score (nSPS) is 11.0. The minimum atomic E-state index is -0.295. The van der Waals surface area contributed by atoms with Gasteiger partial charge in [-0.2, -0.15) is 0 Å². The zero-order chi connectivity index (χ0) is 15.5. The first-order chi connectivity index (χ1) is 9.83. The zero-order valence-corrected chi connectivity index (χ0v) is 12.9. The van der Waals surface area contributed by atoms with Crippen molar-refractivity contribution in [3.8, 4) is 0 Å². The van der Waals surface area contributed by atoms with Crippen molar-refractivity contribution in [3.63, 3.8) is 0 Å². The predicted octanol–water partition coefficient (Wildman–Crippen LogP) is 3.59. The van der Waals surface area contributed by atoms with Crippen LogP contribution < -0.4 is 10.6 Å². The van der Waals surface area contributed by atoms with Crippen LogP contribution in [0.2, 0.25) is 5.02 Å². The number of hydrogen-bond acceptors (Lipinski definition) is 4. The van der Waals surface area contributed by atoms with Crippen molar-refractivity contribution in [2.75, 3.05) is 10.6 Å². The summed E-state index contributed by atoms with van der Waals surface area (Å²) in [5.41, 5.74) is 0.818. The molecule has 2 N–H and O–H groups in total. The third-order valence-electron chi connectivity index (χ3n) is 2.50. The molecular weight excluding hydrogens is 288 g/mol. The average molecular weight is 305 g/mol. The maximum absolute atomic E-state index is 12.2. The van der Waals surface area contributed by atoms with Crippen LogP contribution in [0.15, 0.2) is 36.7 Å². The van der Waals surface area contributed by atoms with Gasteiger partial charge in [-0.1, -0.05) is 11.6 Å². The lowest BCUT2D eigenvalue weighted by Gasteiger charge is -2.21. The molecule has 1 amide bonds. The first-order valence-corrected chi connectivity index (χ1v) is 6.88. The first-order valence-electron chi connectivity index (χ1n) is 6.51. The largest absolute Gasteiger partial charge is 0.365 e. The fraction of sp³-hybridized carbons (Fsp3) is 0.267. The number of aromatic nitrogens is 2. The van der Waals surface area contributed by atoms with Crippen LogP contribution in [-0.4, -0.2) is 21.4 Å². The molecule has 0 saturated carbocycles. The second-order valence-corrected chi connectivity index (χ2v) is 6.06. The van der Waals surface area contributed by atoms with E-state index in [1.807, 2.05) is 20.8 Å². The summed E-state index contributed by atoms with van der Waals surface area (Å²) in [5, 5.41) is 6.58. The van der Waals surface area contributed by atoms with Gasteiger partial charge in [0.15, 0.2) is 0 Å². The third kappa shape index (κ3) is 4.72. The minimum Gasteiger partial charge on any atom is -0.365 e. The smallest absolute Gasteiger partial charge is 0.274 e. The number of rotatable bonds is 3. The maximum Gasteiger partial charge on any atom is 0.274 e. The van der Waals surface area contributed by atoms with Gasteiger partial charge in [0.2, 0.25) is 0 Å². The summed E-state index contributed by atoms with van der Waals surface area (Å²) in [6.07, 6.45) is 1.37. The molecule has 1 aromatic heterocycles. The lowest BCUT2D eigenvalue weighted by molar-refractivity contribution is 0.102. The van der Waals surface area contributed by atoms with E-state index in [0.717, 1.165) is 0 Å². The Morgan fingerprint density at radius 2 is 1.81 bits per heavy atom. The Balaban J connectivity index is 2.12. The lowest BCUT2D eigenvalue weighted by atomic mass is 10.1. The van der Waals surface area contributed by atoms with E-state index in [9.17, 15) is 4.79 Å². The fourth-order valence-corrected chi connectivity index (χ4v) is 1.79. The van der Waals surface area contributed by atoms with E-state index < -0.39 is 0 Å². The Bertz CT molecular complexity index is 635. The number of carbonyl (C=O) groups excluding carboxylic acids is 1. The van der Waals surface area contributed by atoms with E-state index in [-0.39, 0.29) is 11.4 Å². The highest BCUT2D eigenvalue weighted by molar-refractivity contribution is 6.30. The molecule has 0 radical (unpaired) electrons. The van der Waals surface area contributed by atoms with E-state index in [0.29, 0.717) is 22.2 Å². The van der Waals surface area contributed by atoms with Crippen molar-refractivity contribution in [1.82, 2.24) is 9.97 Å². The summed E-state index contributed by atoms with van der Waals surface area (Å²) in [5.74, 6) is 0.315. The van der Waals surface area contributed by atoms with Crippen molar-refractivity contribution in [2.45, 2.75) is 26.3 Å². The number of nitrogens with zero attached hydrogens (tertiary/aromatic N) is 2. The molecule has 2 rings (SSSR count). The summed E-state index contributed by atoms with van der Waals surface area (Å²) in [6, 6.07) is 8.51. The topological polar surface area (TPSA) is 66.9 Å². The first kappa shape index (κ1) is 15.3. The summed E-state index contributed by atoms with van der Waals surface area (Å²) in [4.78, 5) is 20.3. The fourth-order valence-electron chi connectivity index (χ4n) is 1.66. The van der Waals surface area contributed by atoms with Crippen LogP contribution >= 0.6 is 11.6 Å². The molecule has 1 aromatic carbocycles. The van der Waals surface area contributed by atoms with Crippen LogP contribution in [0.25, 0.3) is 0 Å². The van der Waals surface area contributed by atoms with Crippen LogP contribution in [0.1, 0.15) is 31.3 Å². The second-order valence-electron chi connectivity index (χ2n) is 5.62. The maximum atomic E-state index is 12.2. The lowest BCUT2D eigenvalue weighted by Crippen LogP contribution is -2.27. The van der Waals surface area contributed by atoms with E-state index in [1.165, 1.54) is 6.33 Å². The molecule has 0 aliphatic carbocycles. The van der Waals surface area contributed by atoms with Gasteiger partial charge >= 0.3 is 0 Å². The van der Waals surface area contributed by atoms with E-state index in [4.69, 9.17) is 11.6 Å². The Morgan fingerprint density at radius 3 is 2.43 bits per heavy atom. The molecule has 0 spiro atoms. The van der Waals surface area contributed by atoms with Gasteiger partial charge < -0.3 is 10.6 Å². The van der Waals surface area contributed by atoms with E-state index in [1.54, 1.807) is 30.3 Å². The monoisotopic (exact) mass is 304 g/mol. The van der Waals surface area contributed by atoms with Gasteiger partial charge in [-0.3, -0.25) is 4.79 Å². The van der Waals surface area contributed by atoms with Gasteiger partial charge in [-0.05, 0) is 45.0 Å². The molecule has 21 heavy (non-hydrogen) atoms. The minimum absolute atomic E-state index is 0.141. The Labute approximate surface area is 128 Å². The molecule has 0 bridgehead atoms. The summed E-state index contributed by atoms with van der Waals surface area (Å²) < 4.78 is 0. The highest BCUT2D eigenvalue weighted by Crippen LogP contribution is 2.15. The molecule has 0 atom stereocenters. The quantitative estimate of drug-likeness (QED) is 0.909. The molecule has 6 heteroatoms. The van der Waals surface area contributed by atoms with Crippen LogP contribution in [0.5, 0.6) is 0 Å². The van der Waals surface area contributed by atoms with Crippen molar-refractivity contribution in [3.05, 3.63) is 47.4 Å². The molecule has 0 aliphatic rings. The Morgan fingerprint density at radius 1 is 1.14 bits per heavy atom. The SMILES string of the molecule is CC(C)(C)Nc1cc(C(=O)Nc2ccc(Cl)cc2)ncn1. The van der Waals surface area contributed by atoms with Gasteiger partial charge in [0.25, 0.3) is 5.91 Å². The van der Waals surface area contributed by atoms with Gasteiger partial charge in [-0.25, -0.2) is 9.97 Å². The van der Waals surface area contributed by atoms with Crippen molar-refractivity contribution in [2.24, 2.45) is 0 Å². The zero-order valence-electron chi connectivity index (χ0n) is 12.1. The van der Waals surface area contributed by atoms with Crippen LogP contribution in [0, 0.1) is 0 Å². The molecule has 2 aromatic rings. The average Bonchev–Trinajstić information content (AvgIpc) is 2.40. The van der Waals surface area contributed by atoms with Crippen LogP contribution in [0.3, 0.4) is 0 Å². The highest BCUT2D eigenvalue weighted by atomic mass is 35.5. The molecular formula is C15H17ClN4O. The van der Waals surface area contributed by atoms with Crippen molar-refractivity contribution < 1.29 is 4.79 Å². The molecule has 0 aliphatic heterocycles. The summed E-state index contributed by atoms with van der Waals surface area (Å²) in [7, 11) is 0. The number of amides is 1. The third-order valence-corrected chi connectivity index (χ3v) is 2.76. The molecule has 0 saturated heterocycles. The highest BCUT2D eigenvalue weighted by Gasteiger charge is 2.13. The van der Waals surface area contributed by atoms with Gasteiger partial charge in [-0.15, -0.1) is 0 Å². The molecule has 1 heterocycles. The number of nitrogens with one attached hydrogen (secondary N) is 2. The van der Waals surface area contributed by atoms with Gasteiger partial charge in [0.1, 0.15) is 17.8 Å². The number of halogens is 1. The van der Waals surface area contributed by atoms with Crippen molar-refractivity contribution >= 4 is 29.0 Å². The number of benzene rings is 1. The van der Waals surface area contributed by atoms with Gasteiger partial charge in [0.05, 0.1) is 0 Å². The predicted molar refractivity (Wildman–Crippen MR) is 84.8 cm³/mol. The molecule has 0 fully saturated rings. The van der Waals surface area contributed by atoms with Crippen LogP contribution in [-0.2, 0) is 0 Å². The van der Waals surface area contributed by atoms with Crippen molar-refractivity contribution in [1.29, 1.82) is 0 Å². The number of anilines is 2.